The van der Waals surface area contributed by atoms with Crippen LogP contribution >= 0.6 is 0 Å². The second-order valence-corrected chi connectivity index (χ2v) is 3.46. The van der Waals surface area contributed by atoms with Gasteiger partial charge in [0.2, 0.25) is 0 Å². The van der Waals surface area contributed by atoms with E-state index in [0.29, 0.717) is 0 Å². The third-order valence-corrected chi connectivity index (χ3v) is 2.35. The fourth-order valence-electron chi connectivity index (χ4n) is 1.56. The molecule has 0 bridgehead atoms. The minimum atomic E-state index is 0.913. The van der Waals surface area contributed by atoms with Gasteiger partial charge in [0.1, 0.15) is 0 Å². The smallest absolute Gasteiger partial charge is 0.0273 e. The number of nitrogens with zero attached hydrogens (tertiary/aromatic N) is 1. The van der Waals surface area contributed by atoms with Crippen LogP contribution in [0.1, 0.15) is 19.4 Å². The molecule has 0 radical (unpaired) electrons. The monoisotopic (exact) mass is 228 g/mol. The number of pyridine rings is 1. The van der Waals surface area contributed by atoms with E-state index in [2.05, 4.69) is 34.6 Å². The lowest BCUT2D eigenvalue weighted by Crippen LogP contribution is -2.04. The molecule has 2 nitrogen and oxygen atoms in total. The van der Waals surface area contributed by atoms with Gasteiger partial charge in [-0.15, -0.1) is 0 Å². The van der Waals surface area contributed by atoms with Crippen molar-refractivity contribution < 1.29 is 0 Å². The normalized spacial score (nSPS) is 9.35. The average Bonchev–Trinajstić information content (AvgIpc) is 2.43. The SMILES string of the molecule is CC.CNCc1ccc(-c2ccncc2)cc1. The molecule has 2 rings (SSSR count). The lowest BCUT2D eigenvalue weighted by atomic mass is 10.1. The van der Waals surface area contributed by atoms with E-state index in [1.165, 1.54) is 16.7 Å². The summed E-state index contributed by atoms with van der Waals surface area (Å²) in [4.78, 5) is 4.01. The largest absolute Gasteiger partial charge is 0.316 e. The van der Waals surface area contributed by atoms with Gasteiger partial charge in [0.25, 0.3) is 0 Å². The summed E-state index contributed by atoms with van der Waals surface area (Å²) in [7, 11) is 1.96. The maximum atomic E-state index is 4.01. The zero-order valence-corrected chi connectivity index (χ0v) is 10.8. The Hall–Kier alpha value is -1.67. The summed E-state index contributed by atoms with van der Waals surface area (Å²) in [6.45, 7) is 4.91. The van der Waals surface area contributed by atoms with Gasteiger partial charge in [-0.2, -0.15) is 0 Å². The molecule has 1 aromatic heterocycles. The molecule has 2 heteroatoms. The van der Waals surface area contributed by atoms with Gasteiger partial charge in [-0.3, -0.25) is 4.98 Å². The molecule has 0 atom stereocenters. The van der Waals surface area contributed by atoms with Crippen molar-refractivity contribution in [2.45, 2.75) is 20.4 Å². The van der Waals surface area contributed by atoms with E-state index in [1.807, 2.05) is 45.4 Å². The Kier molecular flexibility index (Phi) is 5.97. The molecule has 90 valence electrons. The van der Waals surface area contributed by atoms with Crippen LogP contribution in [0.25, 0.3) is 11.1 Å². The molecule has 0 saturated heterocycles. The van der Waals surface area contributed by atoms with Gasteiger partial charge in [-0.1, -0.05) is 38.1 Å². The van der Waals surface area contributed by atoms with Gasteiger partial charge in [-0.05, 0) is 35.9 Å². The van der Waals surface area contributed by atoms with Gasteiger partial charge in [0, 0.05) is 18.9 Å². The summed E-state index contributed by atoms with van der Waals surface area (Å²) in [5.74, 6) is 0. The maximum absolute atomic E-state index is 4.01. The van der Waals surface area contributed by atoms with Crippen molar-refractivity contribution in [3.05, 3.63) is 54.4 Å². The van der Waals surface area contributed by atoms with E-state index < -0.39 is 0 Å². The maximum Gasteiger partial charge on any atom is 0.0273 e. The molecule has 17 heavy (non-hydrogen) atoms. The summed E-state index contributed by atoms with van der Waals surface area (Å²) < 4.78 is 0. The Bertz CT molecular complexity index is 407. The molecule has 1 heterocycles. The van der Waals surface area contributed by atoms with Crippen LogP contribution in [0.15, 0.2) is 48.8 Å². The van der Waals surface area contributed by atoms with Crippen molar-refractivity contribution >= 4 is 0 Å². The molecule has 0 unspecified atom stereocenters. The van der Waals surface area contributed by atoms with E-state index in [4.69, 9.17) is 0 Å². The predicted molar refractivity (Wildman–Crippen MR) is 73.8 cm³/mol. The lowest BCUT2D eigenvalue weighted by molar-refractivity contribution is 0.818. The summed E-state index contributed by atoms with van der Waals surface area (Å²) in [6.07, 6.45) is 3.63. The molecular weight excluding hydrogens is 208 g/mol. The third-order valence-electron chi connectivity index (χ3n) is 2.35. The quantitative estimate of drug-likeness (QED) is 0.869. The van der Waals surface area contributed by atoms with E-state index in [-0.39, 0.29) is 0 Å². The van der Waals surface area contributed by atoms with Crippen LogP contribution in [0, 0.1) is 0 Å². The van der Waals surface area contributed by atoms with Gasteiger partial charge in [-0.25, -0.2) is 0 Å². The fraction of sp³-hybridized carbons (Fsp3) is 0.267. The van der Waals surface area contributed by atoms with Gasteiger partial charge < -0.3 is 5.32 Å². The summed E-state index contributed by atoms with van der Waals surface area (Å²) in [6, 6.07) is 12.6. The second-order valence-electron chi connectivity index (χ2n) is 3.46. The summed E-state index contributed by atoms with van der Waals surface area (Å²) in [5.41, 5.74) is 3.74. The van der Waals surface area contributed by atoms with Crippen molar-refractivity contribution in [1.29, 1.82) is 0 Å². The molecular formula is C15H20N2. The van der Waals surface area contributed by atoms with E-state index >= 15 is 0 Å². The number of hydrogen-bond donors (Lipinski definition) is 1. The predicted octanol–water partition coefficient (Wildman–Crippen LogP) is 3.49. The zero-order chi connectivity index (χ0) is 12.5. The summed E-state index contributed by atoms with van der Waals surface area (Å²) >= 11 is 0. The number of aromatic nitrogens is 1. The molecule has 0 fully saturated rings. The molecule has 0 spiro atoms. The lowest BCUT2D eigenvalue weighted by Gasteiger charge is -2.03. The topological polar surface area (TPSA) is 24.9 Å². The molecule has 1 N–H and O–H groups in total. The first kappa shape index (κ1) is 13.4. The van der Waals surface area contributed by atoms with Gasteiger partial charge in [0.05, 0.1) is 0 Å². The van der Waals surface area contributed by atoms with Gasteiger partial charge >= 0.3 is 0 Å². The molecule has 2 aromatic rings. The molecule has 0 aliphatic rings. The Labute approximate surface area is 104 Å². The molecule has 0 saturated carbocycles. The molecule has 0 aliphatic heterocycles. The standard InChI is InChI=1S/C13H14N2.C2H6/c1-14-10-11-2-4-12(5-3-11)13-6-8-15-9-7-13;1-2/h2-9,14H,10H2,1H3;1-2H3. The number of benzene rings is 1. The Morgan fingerprint density at radius 1 is 0.882 bits per heavy atom. The van der Waals surface area contributed by atoms with Crippen LogP contribution < -0.4 is 5.32 Å². The van der Waals surface area contributed by atoms with E-state index in [0.717, 1.165) is 6.54 Å². The second kappa shape index (κ2) is 7.58. The number of nitrogens with one attached hydrogen (secondary N) is 1. The Balaban J connectivity index is 0.000000686. The first-order chi connectivity index (χ1) is 8.40. The van der Waals surface area contributed by atoms with Crippen LogP contribution in [-0.2, 0) is 6.54 Å². The number of hydrogen-bond acceptors (Lipinski definition) is 2. The highest BCUT2D eigenvalue weighted by atomic mass is 14.8. The highest BCUT2D eigenvalue weighted by Gasteiger charge is 1.96. The van der Waals surface area contributed by atoms with Crippen molar-refractivity contribution in [3.8, 4) is 11.1 Å². The Morgan fingerprint density at radius 3 is 1.94 bits per heavy atom. The van der Waals surface area contributed by atoms with E-state index in [9.17, 15) is 0 Å². The fourth-order valence-corrected chi connectivity index (χ4v) is 1.56. The van der Waals surface area contributed by atoms with Crippen molar-refractivity contribution in [1.82, 2.24) is 10.3 Å². The third kappa shape index (κ3) is 4.00. The van der Waals surface area contributed by atoms with Crippen LogP contribution in [0.4, 0.5) is 0 Å². The highest BCUT2D eigenvalue weighted by Crippen LogP contribution is 2.18. The minimum absolute atomic E-state index is 0.913. The average molecular weight is 228 g/mol. The van der Waals surface area contributed by atoms with Crippen LogP contribution in [0.3, 0.4) is 0 Å². The van der Waals surface area contributed by atoms with E-state index in [1.54, 1.807) is 0 Å². The summed E-state index contributed by atoms with van der Waals surface area (Å²) in [5, 5.41) is 3.13. The molecule has 1 aromatic carbocycles. The van der Waals surface area contributed by atoms with Crippen LogP contribution in [0.5, 0.6) is 0 Å². The highest BCUT2D eigenvalue weighted by molar-refractivity contribution is 5.62. The first-order valence-electron chi connectivity index (χ1n) is 6.04. The Morgan fingerprint density at radius 2 is 1.41 bits per heavy atom. The number of rotatable bonds is 3. The molecule has 0 amide bonds. The van der Waals surface area contributed by atoms with Crippen molar-refractivity contribution in [3.63, 3.8) is 0 Å². The van der Waals surface area contributed by atoms with Crippen molar-refractivity contribution in [2.75, 3.05) is 7.05 Å². The van der Waals surface area contributed by atoms with Crippen LogP contribution in [0.2, 0.25) is 0 Å². The van der Waals surface area contributed by atoms with Crippen LogP contribution in [-0.4, -0.2) is 12.0 Å². The van der Waals surface area contributed by atoms with Gasteiger partial charge in [0.15, 0.2) is 0 Å². The minimum Gasteiger partial charge on any atom is -0.316 e. The first-order valence-corrected chi connectivity index (χ1v) is 6.04. The molecule has 0 aliphatic carbocycles. The zero-order valence-electron chi connectivity index (χ0n) is 10.8. The van der Waals surface area contributed by atoms with Crippen molar-refractivity contribution in [2.24, 2.45) is 0 Å².